The van der Waals surface area contributed by atoms with Crippen molar-refractivity contribution in [1.29, 1.82) is 0 Å². The molecule has 1 unspecified atom stereocenters. The van der Waals surface area contributed by atoms with Crippen molar-refractivity contribution in [3.63, 3.8) is 0 Å². The zero-order valence-corrected chi connectivity index (χ0v) is 8.88. The maximum absolute atomic E-state index is 11.4. The fourth-order valence-electron chi connectivity index (χ4n) is 1.60. The van der Waals surface area contributed by atoms with Gasteiger partial charge in [0.05, 0.1) is 0 Å². The van der Waals surface area contributed by atoms with Crippen LogP contribution in [0.2, 0.25) is 0 Å². The standard InChI is InChI=1S/C11H20N2O/c1-2-12-9-8-11(14)13-10-6-4-3-5-7-10/h3-4,10,12H,2,5-9H2,1H3,(H,13,14). The summed E-state index contributed by atoms with van der Waals surface area (Å²) in [4.78, 5) is 11.4. The van der Waals surface area contributed by atoms with E-state index in [1.807, 2.05) is 6.92 Å². The van der Waals surface area contributed by atoms with Crippen LogP contribution in [-0.2, 0) is 4.79 Å². The van der Waals surface area contributed by atoms with Crippen LogP contribution in [0.3, 0.4) is 0 Å². The summed E-state index contributed by atoms with van der Waals surface area (Å²) >= 11 is 0. The Morgan fingerprint density at radius 1 is 1.50 bits per heavy atom. The number of amides is 1. The summed E-state index contributed by atoms with van der Waals surface area (Å²) in [6.45, 7) is 3.76. The molecule has 1 rings (SSSR count). The Labute approximate surface area is 86.0 Å². The maximum atomic E-state index is 11.4. The number of carbonyl (C=O) groups is 1. The molecule has 3 nitrogen and oxygen atoms in total. The molecule has 80 valence electrons. The molecule has 0 fully saturated rings. The van der Waals surface area contributed by atoms with Crippen LogP contribution in [0.5, 0.6) is 0 Å². The van der Waals surface area contributed by atoms with E-state index in [4.69, 9.17) is 0 Å². The maximum Gasteiger partial charge on any atom is 0.221 e. The van der Waals surface area contributed by atoms with Gasteiger partial charge in [0, 0.05) is 19.0 Å². The lowest BCUT2D eigenvalue weighted by Crippen LogP contribution is -2.36. The van der Waals surface area contributed by atoms with Gasteiger partial charge in [-0.2, -0.15) is 0 Å². The lowest BCUT2D eigenvalue weighted by Gasteiger charge is -2.19. The minimum Gasteiger partial charge on any atom is -0.353 e. The van der Waals surface area contributed by atoms with Crippen molar-refractivity contribution in [2.75, 3.05) is 13.1 Å². The zero-order chi connectivity index (χ0) is 10.2. The third-order valence-electron chi connectivity index (χ3n) is 2.41. The molecule has 1 aliphatic rings. The second-order valence-corrected chi connectivity index (χ2v) is 3.65. The number of allylic oxidation sites excluding steroid dienone is 1. The molecule has 14 heavy (non-hydrogen) atoms. The third-order valence-corrected chi connectivity index (χ3v) is 2.41. The number of hydrogen-bond acceptors (Lipinski definition) is 2. The summed E-state index contributed by atoms with van der Waals surface area (Å²) in [5, 5.41) is 6.19. The van der Waals surface area contributed by atoms with Crippen molar-refractivity contribution in [3.8, 4) is 0 Å². The highest BCUT2D eigenvalue weighted by Gasteiger charge is 2.11. The topological polar surface area (TPSA) is 41.1 Å². The van der Waals surface area contributed by atoms with E-state index in [-0.39, 0.29) is 5.91 Å². The Kier molecular flexibility index (Phi) is 5.30. The first-order chi connectivity index (χ1) is 6.83. The van der Waals surface area contributed by atoms with Gasteiger partial charge in [-0.3, -0.25) is 4.79 Å². The highest BCUT2D eigenvalue weighted by Crippen LogP contribution is 2.10. The summed E-state index contributed by atoms with van der Waals surface area (Å²) in [5.41, 5.74) is 0. The molecule has 1 atom stereocenters. The van der Waals surface area contributed by atoms with E-state index in [1.165, 1.54) is 0 Å². The first-order valence-electron chi connectivity index (χ1n) is 5.48. The van der Waals surface area contributed by atoms with Crippen molar-refractivity contribution in [1.82, 2.24) is 10.6 Å². The smallest absolute Gasteiger partial charge is 0.221 e. The fraction of sp³-hybridized carbons (Fsp3) is 0.727. The van der Waals surface area contributed by atoms with Crippen molar-refractivity contribution >= 4 is 5.91 Å². The minimum atomic E-state index is 0.172. The van der Waals surface area contributed by atoms with Gasteiger partial charge in [0.15, 0.2) is 0 Å². The molecule has 0 aromatic heterocycles. The van der Waals surface area contributed by atoms with Crippen molar-refractivity contribution in [2.45, 2.75) is 38.6 Å². The lowest BCUT2D eigenvalue weighted by atomic mass is 10.0. The predicted octanol–water partition coefficient (Wildman–Crippen LogP) is 1.21. The monoisotopic (exact) mass is 196 g/mol. The van der Waals surface area contributed by atoms with Gasteiger partial charge < -0.3 is 10.6 Å². The molecule has 0 bridgehead atoms. The highest BCUT2D eigenvalue weighted by molar-refractivity contribution is 5.76. The van der Waals surface area contributed by atoms with Gasteiger partial charge in [-0.25, -0.2) is 0 Å². The molecular weight excluding hydrogens is 176 g/mol. The van der Waals surface area contributed by atoms with Gasteiger partial charge in [-0.1, -0.05) is 19.1 Å². The van der Waals surface area contributed by atoms with Gasteiger partial charge in [-0.05, 0) is 25.8 Å². The van der Waals surface area contributed by atoms with Crippen molar-refractivity contribution in [2.24, 2.45) is 0 Å². The van der Waals surface area contributed by atoms with Gasteiger partial charge in [-0.15, -0.1) is 0 Å². The molecule has 0 saturated heterocycles. The molecular formula is C11H20N2O. The quantitative estimate of drug-likeness (QED) is 0.512. The van der Waals surface area contributed by atoms with E-state index in [0.717, 1.165) is 32.4 Å². The highest BCUT2D eigenvalue weighted by atomic mass is 16.1. The van der Waals surface area contributed by atoms with Crippen LogP contribution >= 0.6 is 0 Å². The van der Waals surface area contributed by atoms with Crippen LogP contribution in [-0.4, -0.2) is 25.0 Å². The van der Waals surface area contributed by atoms with Gasteiger partial charge >= 0.3 is 0 Å². The summed E-state index contributed by atoms with van der Waals surface area (Å²) in [5.74, 6) is 0.172. The first kappa shape index (κ1) is 11.2. The number of nitrogens with one attached hydrogen (secondary N) is 2. The summed E-state index contributed by atoms with van der Waals surface area (Å²) in [6, 6.07) is 0.370. The van der Waals surface area contributed by atoms with E-state index < -0.39 is 0 Å². The Balaban J connectivity index is 2.10. The molecule has 0 aliphatic heterocycles. The van der Waals surface area contributed by atoms with E-state index >= 15 is 0 Å². The van der Waals surface area contributed by atoms with Gasteiger partial charge in [0.2, 0.25) is 5.91 Å². The van der Waals surface area contributed by atoms with Crippen LogP contribution < -0.4 is 10.6 Å². The summed E-state index contributed by atoms with van der Waals surface area (Å²) in [6.07, 6.45) is 8.10. The molecule has 2 N–H and O–H groups in total. The van der Waals surface area contributed by atoms with Crippen molar-refractivity contribution in [3.05, 3.63) is 12.2 Å². The second-order valence-electron chi connectivity index (χ2n) is 3.65. The molecule has 0 aromatic carbocycles. The fourth-order valence-corrected chi connectivity index (χ4v) is 1.60. The summed E-state index contributed by atoms with van der Waals surface area (Å²) < 4.78 is 0. The molecule has 0 spiro atoms. The number of carbonyl (C=O) groups excluding carboxylic acids is 1. The predicted molar refractivity (Wildman–Crippen MR) is 58.1 cm³/mol. The molecule has 0 heterocycles. The third kappa shape index (κ3) is 4.42. The number of rotatable bonds is 5. The number of hydrogen-bond donors (Lipinski definition) is 2. The molecule has 1 aliphatic carbocycles. The molecule has 0 radical (unpaired) electrons. The molecule has 0 aromatic rings. The molecule has 0 saturated carbocycles. The van der Waals surface area contributed by atoms with Gasteiger partial charge in [0.1, 0.15) is 0 Å². The molecule has 1 amide bonds. The largest absolute Gasteiger partial charge is 0.353 e. The van der Waals surface area contributed by atoms with Crippen LogP contribution in [0.4, 0.5) is 0 Å². The summed E-state index contributed by atoms with van der Waals surface area (Å²) in [7, 11) is 0. The van der Waals surface area contributed by atoms with E-state index in [9.17, 15) is 4.79 Å². The van der Waals surface area contributed by atoms with Crippen LogP contribution in [0.25, 0.3) is 0 Å². The van der Waals surface area contributed by atoms with E-state index in [2.05, 4.69) is 22.8 Å². The minimum absolute atomic E-state index is 0.172. The van der Waals surface area contributed by atoms with Crippen LogP contribution in [0, 0.1) is 0 Å². The Bertz CT molecular complexity index is 201. The first-order valence-corrected chi connectivity index (χ1v) is 5.48. The SMILES string of the molecule is CCNCCC(=O)NC1CC=CCC1. The van der Waals surface area contributed by atoms with Gasteiger partial charge in [0.25, 0.3) is 0 Å². The zero-order valence-electron chi connectivity index (χ0n) is 8.88. The Morgan fingerprint density at radius 2 is 2.36 bits per heavy atom. The van der Waals surface area contributed by atoms with E-state index in [1.54, 1.807) is 0 Å². The lowest BCUT2D eigenvalue weighted by molar-refractivity contribution is -0.121. The van der Waals surface area contributed by atoms with Crippen molar-refractivity contribution < 1.29 is 4.79 Å². The second kappa shape index (κ2) is 6.60. The average Bonchev–Trinajstić information content (AvgIpc) is 2.20. The van der Waals surface area contributed by atoms with Crippen LogP contribution in [0.15, 0.2) is 12.2 Å². The Hall–Kier alpha value is -0.830. The normalized spacial score (nSPS) is 20.8. The Morgan fingerprint density at radius 3 is 3.00 bits per heavy atom. The van der Waals surface area contributed by atoms with Crippen LogP contribution in [0.1, 0.15) is 32.6 Å². The average molecular weight is 196 g/mol. The van der Waals surface area contributed by atoms with E-state index in [0.29, 0.717) is 12.5 Å². The molecule has 3 heteroatoms.